The van der Waals surface area contributed by atoms with Gasteiger partial charge in [0.15, 0.2) is 12.1 Å². The molecule has 1 aromatic heterocycles. The molecule has 0 aliphatic carbocycles. The summed E-state index contributed by atoms with van der Waals surface area (Å²) < 4.78 is 10.4. The first-order valence-electron chi connectivity index (χ1n) is 8.17. The van der Waals surface area contributed by atoms with Gasteiger partial charge in [-0.05, 0) is 31.5 Å². The van der Waals surface area contributed by atoms with Gasteiger partial charge in [0, 0.05) is 32.2 Å². The number of hydrogen-bond donors (Lipinski definition) is 0. The van der Waals surface area contributed by atoms with Crippen molar-refractivity contribution in [3.05, 3.63) is 47.7 Å². The van der Waals surface area contributed by atoms with Gasteiger partial charge in [-0.15, -0.1) is 0 Å². The SMILES string of the molecule is COc1cccc(C(C)N2CCN(C(=O)c3ncoc3C)CC2)c1. The summed E-state index contributed by atoms with van der Waals surface area (Å²) in [5.41, 5.74) is 1.64. The molecule has 1 unspecified atom stereocenters. The zero-order valence-electron chi connectivity index (χ0n) is 14.4. The third-order valence-electron chi connectivity index (χ3n) is 4.67. The molecule has 1 fully saturated rings. The predicted molar refractivity (Wildman–Crippen MR) is 90.1 cm³/mol. The van der Waals surface area contributed by atoms with Gasteiger partial charge in [0.1, 0.15) is 11.5 Å². The Morgan fingerprint density at radius 3 is 2.67 bits per heavy atom. The van der Waals surface area contributed by atoms with Gasteiger partial charge in [-0.25, -0.2) is 4.98 Å². The summed E-state index contributed by atoms with van der Waals surface area (Å²) in [6.07, 6.45) is 1.32. The number of carbonyl (C=O) groups is 1. The molecule has 1 aromatic carbocycles. The highest BCUT2D eigenvalue weighted by atomic mass is 16.5. The lowest BCUT2D eigenvalue weighted by Gasteiger charge is -2.38. The molecular weight excluding hydrogens is 306 g/mol. The van der Waals surface area contributed by atoms with Gasteiger partial charge in [0.2, 0.25) is 0 Å². The van der Waals surface area contributed by atoms with Gasteiger partial charge < -0.3 is 14.1 Å². The van der Waals surface area contributed by atoms with E-state index >= 15 is 0 Å². The smallest absolute Gasteiger partial charge is 0.276 e. The zero-order chi connectivity index (χ0) is 17.1. The highest BCUT2D eigenvalue weighted by molar-refractivity contribution is 5.93. The lowest BCUT2D eigenvalue weighted by atomic mass is 10.1. The van der Waals surface area contributed by atoms with Gasteiger partial charge in [0.05, 0.1) is 7.11 Å². The second kappa shape index (κ2) is 7.05. The van der Waals surface area contributed by atoms with E-state index in [1.54, 1.807) is 14.0 Å². The van der Waals surface area contributed by atoms with Crippen molar-refractivity contribution in [1.29, 1.82) is 0 Å². The lowest BCUT2D eigenvalue weighted by molar-refractivity contribution is 0.0575. The average molecular weight is 329 g/mol. The highest BCUT2D eigenvalue weighted by Crippen LogP contribution is 2.25. The number of nitrogens with zero attached hydrogens (tertiary/aromatic N) is 3. The number of hydrogen-bond acceptors (Lipinski definition) is 5. The van der Waals surface area contributed by atoms with Gasteiger partial charge in [-0.1, -0.05) is 12.1 Å². The van der Waals surface area contributed by atoms with Crippen molar-refractivity contribution in [1.82, 2.24) is 14.8 Å². The molecular formula is C18H23N3O3. The second-order valence-corrected chi connectivity index (χ2v) is 6.04. The fourth-order valence-electron chi connectivity index (χ4n) is 3.08. The molecule has 1 saturated heterocycles. The third kappa shape index (κ3) is 3.28. The normalized spacial score (nSPS) is 16.9. The first-order valence-corrected chi connectivity index (χ1v) is 8.17. The van der Waals surface area contributed by atoms with Crippen LogP contribution in [-0.4, -0.2) is 54.0 Å². The van der Waals surface area contributed by atoms with Crippen LogP contribution in [0.15, 0.2) is 35.1 Å². The Labute approximate surface area is 142 Å². The minimum Gasteiger partial charge on any atom is -0.497 e. The molecule has 1 aliphatic rings. The van der Waals surface area contributed by atoms with Crippen LogP contribution in [0.5, 0.6) is 5.75 Å². The Balaban J connectivity index is 1.62. The molecule has 0 bridgehead atoms. The minimum atomic E-state index is -0.0464. The van der Waals surface area contributed by atoms with Crippen molar-refractivity contribution in [2.75, 3.05) is 33.3 Å². The second-order valence-electron chi connectivity index (χ2n) is 6.04. The molecule has 0 saturated carbocycles. The predicted octanol–water partition coefficient (Wildman–Crippen LogP) is 2.51. The Bertz CT molecular complexity index is 705. The maximum atomic E-state index is 12.5. The molecule has 2 aromatic rings. The molecule has 1 atom stereocenters. The molecule has 2 heterocycles. The van der Waals surface area contributed by atoms with Gasteiger partial charge in [-0.2, -0.15) is 0 Å². The standard InChI is InChI=1S/C18H23N3O3/c1-13(15-5-4-6-16(11-15)23-3)20-7-9-21(10-8-20)18(22)17-14(2)24-12-19-17/h4-6,11-13H,7-10H2,1-3H3. The van der Waals surface area contributed by atoms with Crippen LogP contribution < -0.4 is 4.74 Å². The maximum absolute atomic E-state index is 12.5. The van der Waals surface area contributed by atoms with Crippen LogP contribution >= 0.6 is 0 Å². The number of aromatic nitrogens is 1. The van der Waals surface area contributed by atoms with Crippen molar-refractivity contribution in [3.8, 4) is 5.75 Å². The zero-order valence-corrected chi connectivity index (χ0v) is 14.4. The van der Waals surface area contributed by atoms with Crippen molar-refractivity contribution < 1.29 is 13.9 Å². The lowest BCUT2D eigenvalue weighted by Crippen LogP contribution is -2.49. The van der Waals surface area contributed by atoms with E-state index < -0.39 is 0 Å². The summed E-state index contributed by atoms with van der Waals surface area (Å²) in [7, 11) is 1.68. The molecule has 6 nitrogen and oxygen atoms in total. The number of carbonyl (C=O) groups excluding carboxylic acids is 1. The molecule has 1 amide bonds. The van der Waals surface area contributed by atoms with Crippen LogP contribution in [0, 0.1) is 6.92 Å². The van der Waals surface area contributed by atoms with Crippen molar-refractivity contribution in [2.24, 2.45) is 0 Å². The molecule has 24 heavy (non-hydrogen) atoms. The van der Waals surface area contributed by atoms with E-state index in [2.05, 4.69) is 28.9 Å². The largest absolute Gasteiger partial charge is 0.497 e. The Hall–Kier alpha value is -2.34. The first kappa shape index (κ1) is 16.5. The van der Waals surface area contributed by atoms with Gasteiger partial charge in [0.25, 0.3) is 5.91 Å². The number of ether oxygens (including phenoxy) is 1. The van der Waals surface area contributed by atoms with E-state index in [1.807, 2.05) is 17.0 Å². The van der Waals surface area contributed by atoms with Crippen LogP contribution in [0.4, 0.5) is 0 Å². The van der Waals surface area contributed by atoms with Crippen LogP contribution in [0.3, 0.4) is 0 Å². The minimum absolute atomic E-state index is 0.0464. The summed E-state index contributed by atoms with van der Waals surface area (Å²) in [6.45, 7) is 7.01. The topological polar surface area (TPSA) is 58.8 Å². The molecule has 6 heteroatoms. The summed E-state index contributed by atoms with van der Waals surface area (Å²) >= 11 is 0. The Morgan fingerprint density at radius 1 is 1.29 bits per heavy atom. The molecule has 0 radical (unpaired) electrons. The Morgan fingerprint density at radius 2 is 2.04 bits per heavy atom. The van der Waals surface area contributed by atoms with Crippen LogP contribution in [0.1, 0.15) is 34.8 Å². The van der Waals surface area contributed by atoms with Crippen molar-refractivity contribution >= 4 is 5.91 Å². The van der Waals surface area contributed by atoms with Crippen molar-refractivity contribution in [2.45, 2.75) is 19.9 Å². The fraction of sp³-hybridized carbons (Fsp3) is 0.444. The molecule has 0 N–H and O–H groups in total. The number of methoxy groups -OCH3 is 1. The number of rotatable bonds is 4. The number of amides is 1. The highest BCUT2D eigenvalue weighted by Gasteiger charge is 2.27. The van der Waals surface area contributed by atoms with Crippen LogP contribution in [0.2, 0.25) is 0 Å². The summed E-state index contributed by atoms with van der Waals surface area (Å²) in [5, 5.41) is 0. The van der Waals surface area contributed by atoms with Gasteiger partial charge >= 0.3 is 0 Å². The van der Waals surface area contributed by atoms with E-state index in [0.717, 1.165) is 18.8 Å². The number of aryl methyl sites for hydroxylation is 1. The van der Waals surface area contributed by atoms with E-state index in [1.165, 1.54) is 12.0 Å². The average Bonchev–Trinajstić information content (AvgIpc) is 3.06. The fourth-order valence-corrected chi connectivity index (χ4v) is 3.08. The Kier molecular flexibility index (Phi) is 4.85. The molecule has 1 aliphatic heterocycles. The number of benzene rings is 1. The number of oxazole rings is 1. The summed E-state index contributed by atoms with van der Waals surface area (Å²) in [6, 6.07) is 8.43. The van der Waals surface area contributed by atoms with Crippen molar-refractivity contribution in [3.63, 3.8) is 0 Å². The first-order chi connectivity index (χ1) is 11.6. The molecule has 0 spiro atoms. The van der Waals surface area contributed by atoms with E-state index in [4.69, 9.17) is 9.15 Å². The van der Waals surface area contributed by atoms with E-state index in [-0.39, 0.29) is 11.9 Å². The monoisotopic (exact) mass is 329 g/mol. The summed E-state index contributed by atoms with van der Waals surface area (Å²) in [5.74, 6) is 1.40. The summed E-state index contributed by atoms with van der Waals surface area (Å²) in [4.78, 5) is 20.7. The molecule has 128 valence electrons. The maximum Gasteiger partial charge on any atom is 0.276 e. The van der Waals surface area contributed by atoms with Crippen LogP contribution in [-0.2, 0) is 0 Å². The van der Waals surface area contributed by atoms with Gasteiger partial charge in [-0.3, -0.25) is 9.69 Å². The third-order valence-corrected chi connectivity index (χ3v) is 4.67. The number of piperazine rings is 1. The van der Waals surface area contributed by atoms with Crippen LogP contribution in [0.25, 0.3) is 0 Å². The van der Waals surface area contributed by atoms with E-state index in [0.29, 0.717) is 24.5 Å². The molecule has 3 rings (SSSR count). The van der Waals surface area contributed by atoms with E-state index in [9.17, 15) is 4.79 Å². The quantitative estimate of drug-likeness (QED) is 0.862.